The van der Waals surface area contributed by atoms with E-state index in [1.165, 1.54) is 11.3 Å². The molecule has 4 heteroatoms. The molecular weight excluding hydrogens is 220 g/mol. The van der Waals surface area contributed by atoms with Gasteiger partial charge in [0.25, 0.3) is 5.91 Å². The first-order chi connectivity index (χ1) is 7.77. The standard InChI is InChI=1S/C12H12N2OS/c1-9(10-2-5-13-6-3-10)14-12(15)11-4-7-16-8-11/h2-9H,1H3,(H,14,15)/t9-/m0/s1. The Hall–Kier alpha value is -1.68. The van der Waals surface area contributed by atoms with Crippen molar-refractivity contribution in [2.75, 3.05) is 0 Å². The van der Waals surface area contributed by atoms with Crippen molar-refractivity contribution >= 4 is 17.2 Å². The van der Waals surface area contributed by atoms with Crippen molar-refractivity contribution in [3.05, 3.63) is 52.5 Å². The van der Waals surface area contributed by atoms with E-state index in [2.05, 4.69) is 10.3 Å². The Labute approximate surface area is 98.2 Å². The van der Waals surface area contributed by atoms with E-state index in [0.29, 0.717) is 5.56 Å². The van der Waals surface area contributed by atoms with Crippen molar-refractivity contribution < 1.29 is 4.79 Å². The molecule has 0 bridgehead atoms. The summed E-state index contributed by atoms with van der Waals surface area (Å²) in [6.07, 6.45) is 3.45. The molecule has 0 spiro atoms. The Morgan fingerprint density at radius 1 is 1.38 bits per heavy atom. The smallest absolute Gasteiger partial charge is 0.252 e. The van der Waals surface area contributed by atoms with Crippen molar-refractivity contribution in [3.8, 4) is 0 Å². The molecule has 0 saturated heterocycles. The number of aromatic nitrogens is 1. The minimum Gasteiger partial charge on any atom is -0.345 e. The van der Waals surface area contributed by atoms with Crippen LogP contribution in [0.4, 0.5) is 0 Å². The fourth-order valence-corrected chi connectivity index (χ4v) is 2.05. The minimum absolute atomic E-state index is 0.00426. The Morgan fingerprint density at radius 3 is 2.75 bits per heavy atom. The molecule has 3 nitrogen and oxygen atoms in total. The van der Waals surface area contributed by atoms with Crippen LogP contribution in [-0.4, -0.2) is 10.9 Å². The second kappa shape index (κ2) is 4.90. The van der Waals surface area contributed by atoms with E-state index in [9.17, 15) is 4.79 Å². The van der Waals surface area contributed by atoms with Crippen molar-refractivity contribution in [2.24, 2.45) is 0 Å². The third kappa shape index (κ3) is 2.46. The van der Waals surface area contributed by atoms with Crippen LogP contribution in [0.2, 0.25) is 0 Å². The monoisotopic (exact) mass is 232 g/mol. The summed E-state index contributed by atoms with van der Waals surface area (Å²) in [6, 6.07) is 5.62. The lowest BCUT2D eigenvalue weighted by molar-refractivity contribution is 0.0940. The van der Waals surface area contributed by atoms with E-state index < -0.39 is 0 Å². The lowest BCUT2D eigenvalue weighted by Gasteiger charge is -2.13. The molecule has 0 saturated carbocycles. The van der Waals surface area contributed by atoms with E-state index in [1.807, 2.05) is 35.9 Å². The predicted octanol–water partition coefficient (Wildman–Crippen LogP) is 2.63. The molecule has 2 aromatic heterocycles. The zero-order valence-corrected chi connectivity index (χ0v) is 9.70. The zero-order chi connectivity index (χ0) is 11.4. The van der Waals surface area contributed by atoms with Crippen molar-refractivity contribution in [3.63, 3.8) is 0 Å². The van der Waals surface area contributed by atoms with Gasteiger partial charge in [-0.25, -0.2) is 0 Å². The van der Waals surface area contributed by atoms with Crippen molar-refractivity contribution in [1.82, 2.24) is 10.3 Å². The number of nitrogens with zero attached hydrogens (tertiary/aromatic N) is 1. The summed E-state index contributed by atoms with van der Waals surface area (Å²) in [7, 11) is 0. The summed E-state index contributed by atoms with van der Waals surface area (Å²) in [4.78, 5) is 15.7. The topological polar surface area (TPSA) is 42.0 Å². The fourth-order valence-electron chi connectivity index (χ4n) is 1.41. The molecule has 16 heavy (non-hydrogen) atoms. The van der Waals surface area contributed by atoms with E-state index in [4.69, 9.17) is 0 Å². The molecule has 1 atom stereocenters. The Kier molecular flexibility index (Phi) is 3.31. The lowest BCUT2D eigenvalue weighted by atomic mass is 10.1. The maximum atomic E-state index is 11.8. The summed E-state index contributed by atoms with van der Waals surface area (Å²) in [5.41, 5.74) is 1.77. The highest BCUT2D eigenvalue weighted by atomic mass is 32.1. The molecule has 2 rings (SSSR count). The molecule has 0 fully saturated rings. The highest BCUT2D eigenvalue weighted by Crippen LogP contribution is 2.12. The average molecular weight is 232 g/mol. The van der Waals surface area contributed by atoms with Crippen LogP contribution in [-0.2, 0) is 0 Å². The second-order valence-electron chi connectivity index (χ2n) is 3.49. The van der Waals surface area contributed by atoms with Gasteiger partial charge in [-0.1, -0.05) is 0 Å². The molecule has 82 valence electrons. The number of thiophene rings is 1. The first kappa shape index (κ1) is 10.8. The Balaban J connectivity index is 2.03. The van der Waals surface area contributed by atoms with Crippen molar-refractivity contribution in [1.29, 1.82) is 0 Å². The molecule has 0 aliphatic carbocycles. The van der Waals surface area contributed by atoms with Gasteiger partial charge in [-0.15, -0.1) is 0 Å². The number of nitrogens with one attached hydrogen (secondary N) is 1. The normalized spacial score (nSPS) is 12.1. The Morgan fingerprint density at radius 2 is 2.12 bits per heavy atom. The number of carbonyl (C=O) groups is 1. The first-order valence-electron chi connectivity index (χ1n) is 5.00. The van der Waals surface area contributed by atoms with Gasteiger partial charge in [-0.3, -0.25) is 9.78 Å². The minimum atomic E-state index is -0.0365. The molecular formula is C12H12N2OS. The van der Waals surface area contributed by atoms with Gasteiger partial charge in [0, 0.05) is 17.8 Å². The molecule has 0 aromatic carbocycles. The molecule has 0 aliphatic heterocycles. The summed E-state index contributed by atoms with van der Waals surface area (Å²) in [5.74, 6) is -0.0365. The van der Waals surface area contributed by atoms with E-state index in [-0.39, 0.29) is 11.9 Å². The predicted molar refractivity (Wildman–Crippen MR) is 64.4 cm³/mol. The van der Waals surface area contributed by atoms with Gasteiger partial charge in [0.2, 0.25) is 0 Å². The number of pyridine rings is 1. The number of amides is 1. The van der Waals surface area contributed by atoms with E-state index in [1.54, 1.807) is 12.4 Å². The van der Waals surface area contributed by atoms with Crippen molar-refractivity contribution in [2.45, 2.75) is 13.0 Å². The molecule has 0 aliphatic rings. The van der Waals surface area contributed by atoms with Crippen LogP contribution in [0.25, 0.3) is 0 Å². The summed E-state index contributed by atoms with van der Waals surface area (Å²) < 4.78 is 0. The maximum absolute atomic E-state index is 11.8. The average Bonchev–Trinajstić information content (AvgIpc) is 2.83. The van der Waals surface area contributed by atoms with Gasteiger partial charge in [-0.05, 0) is 36.1 Å². The SMILES string of the molecule is C[C@H](NC(=O)c1ccsc1)c1ccncc1. The quantitative estimate of drug-likeness (QED) is 0.884. The van der Waals surface area contributed by atoms with Crippen LogP contribution in [0.1, 0.15) is 28.9 Å². The molecule has 1 amide bonds. The Bertz CT molecular complexity index is 453. The van der Waals surface area contributed by atoms with Crippen LogP contribution in [0.3, 0.4) is 0 Å². The van der Waals surface area contributed by atoms with Gasteiger partial charge in [0.05, 0.1) is 11.6 Å². The van der Waals surface area contributed by atoms with E-state index in [0.717, 1.165) is 5.56 Å². The molecule has 0 radical (unpaired) electrons. The first-order valence-corrected chi connectivity index (χ1v) is 5.94. The summed E-state index contributed by atoms with van der Waals surface area (Å²) >= 11 is 1.52. The highest BCUT2D eigenvalue weighted by molar-refractivity contribution is 7.08. The van der Waals surface area contributed by atoms with Crippen LogP contribution < -0.4 is 5.32 Å². The number of rotatable bonds is 3. The molecule has 2 aromatic rings. The summed E-state index contributed by atoms with van der Waals surface area (Å²) in [6.45, 7) is 1.96. The largest absolute Gasteiger partial charge is 0.345 e. The summed E-state index contributed by atoms with van der Waals surface area (Å²) in [5, 5.41) is 6.68. The van der Waals surface area contributed by atoms with Crippen LogP contribution in [0, 0.1) is 0 Å². The van der Waals surface area contributed by atoms with Gasteiger partial charge >= 0.3 is 0 Å². The third-order valence-corrected chi connectivity index (χ3v) is 3.02. The van der Waals surface area contributed by atoms with E-state index >= 15 is 0 Å². The highest BCUT2D eigenvalue weighted by Gasteiger charge is 2.10. The number of hydrogen-bond acceptors (Lipinski definition) is 3. The van der Waals surface area contributed by atoms with Gasteiger partial charge in [0.15, 0.2) is 0 Å². The molecule has 0 unspecified atom stereocenters. The zero-order valence-electron chi connectivity index (χ0n) is 8.88. The third-order valence-electron chi connectivity index (χ3n) is 2.34. The molecule has 1 N–H and O–H groups in total. The molecule has 2 heterocycles. The van der Waals surface area contributed by atoms with Crippen LogP contribution >= 0.6 is 11.3 Å². The van der Waals surface area contributed by atoms with Crippen LogP contribution in [0.15, 0.2) is 41.4 Å². The fraction of sp³-hybridized carbons (Fsp3) is 0.167. The van der Waals surface area contributed by atoms with Crippen LogP contribution in [0.5, 0.6) is 0 Å². The number of carbonyl (C=O) groups excluding carboxylic acids is 1. The second-order valence-corrected chi connectivity index (χ2v) is 4.27. The number of hydrogen-bond donors (Lipinski definition) is 1. The van der Waals surface area contributed by atoms with Gasteiger partial charge in [0.1, 0.15) is 0 Å². The van der Waals surface area contributed by atoms with Gasteiger partial charge in [-0.2, -0.15) is 11.3 Å². The van der Waals surface area contributed by atoms with Gasteiger partial charge < -0.3 is 5.32 Å². The maximum Gasteiger partial charge on any atom is 0.252 e. The lowest BCUT2D eigenvalue weighted by Crippen LogP contribution is -2.26.